The van der Waals surface area contributed by atoms with Gasteiger partial charge in [0.1, 0.15) is 0 Å². The summed E-state index contributed by atoms with van der Waals surface area (Å²) in [5.41, 5.74) is 2.38. The van der Waals surface area contributed by atoms with E-state index in [1.165, 1.54) is 43.5 Å². The average Bonchev–Trinajstić information content (AvgIpc) is 2.38. The molecule has 0 amide bonds. The van der Waals surface area contributed by atoms with Crippen LogP contribution in [0.15, 0.2) is 18.2 Å². The van der Waals surface area contributed by atoms with Crippen molar-refractivity contribution in [2.45, 2.75) is 45.1 Å². The topological polar surface area (TPSA) is 15.3 Å². The van der Waals surface area contributed by atoms with Gasteiger partial charge in [0.25, 0.3) is 0 Å². The van der Waals surface area contributed by atoms with Crippen molar-refractivity contribution >= 4 is 23.0 Å². The number of benzene rings is 1. The lowest BCUT2D eigenvalue weighted by molar-refractivity contribution is 0.327. The van der Waals surface area contributed by atoms with E-state index in [2.05, 4.69) is 37.3 Å². The van der Waals surface area contributed by atoms with E-state index in [1.54, 1.807) is 0 Å². The van der Waals surface area contributed by atoms with E-state index < -0.39 is 0 Å². The molecule has 0 bridgehead atoms. The summed E-state index contributed by atoms with van der Waals surface area (Å²) < 4.78 is 0. The highest BCUT2D eigenvalue weighted by Gasteiger charge is 2.21. The van der Waals surface area contributed by atoms with Crippen molar-refractivity contribution in [1.82, 2.24) is 0 Å². The molecule has 2 atom stereocenters. The molecule has 2 unspecified atom stereocenters. The Morgan fingerprint density at radius 1 is 1.32 bits per heavy atom. The van der Waals surface area contributed by atoms with Gasteiger partial charge in [0.15, 0.2) is 0 Å². The van der Waals surface area contributed by atoms with E-state index in [0.717, 1.165) is 10.9 Å². The van der Waals surface area contributed by atoms with Crippen LogP contribution in [0.2, 0.25) is 5.02 Å². The van der Waals surface area contributed by atoms with Crippen LogP contribution >= 0.6 is 11.6 Å². The minimum atomic E-state index is 0.593. The van der Waals surface area contributed by atoms with Crippen LogP contribution in [0.4, 0.5) is 11.4 Å². The quantitative estimate of drug-likeness (QED) is 0.853. The predicted octanol–water partition coefficient (Wildman–Crippen LogP) is 4.79. The summed E-state index contributed by atoms with van der Waals surface area (Å²) in [5.74, 6) is 0.883. The summed E-state index contributed by atoms with van der Waals surface area (Å²) >= 11 is 6.14. The van der Waals surface area contributed by atoms with E-state index in [9.17, 15) is 0 Å². The van der Waals surface area contributed by atoms with Crippen molar-refractivity contribution < 1.29 is 0 Å². The smallest absolute Gasteiger partial charge is 0.0597 e. The number of anilines is 2. The van der Waals surface area contributed by atoms with Crippen LogP contribution in [0.3, 0.4) is 0 Å². The SMILES string of the molecule is CCC1CCCC(Nc2cc(Cl)ccc2N(C)C)C1. The van der Waals surface area contributed by atoms with E-state index >= 15 is 0 Å². The van der Waals surface area contributed by atoms with Gasteiger partial charge in [-0.25, -0.2) is 0 Å². The molecule has 0 saturated heterocycles. The highest BCUT2D eigenvalue weighted by atomic mass is 35.5. The monoisotopic (exact) mass is 280 g/mol. The number of nitrogens with zero attached hydrogens (tertiary/aromatic N) is 1. The van der Waals surface area contributed by atoms with Crippen molar-refractivity contribution in [3.05, 3.63) is 23.2 Å². The van der Waals surface area contributed by atoms with E-state index in [4.69, 9.17) is 11.6 Å². The Balaban J connectivity index is 2.11. The van der Waals surface area contributed by atoms with Gasteiger partial charge < -0.3 is 10.2 Å². The average molecular weight is 281 g/mol. The lowest BCUT2D eigenvalue weighted by Crippen LogP contribution is -2.28. The minimum absolute atomic E-state index is 0.593. The Kier molecular flexibility index (Phi) is 4.98. The summed E-state index contributed by atoms with van der Waals surface area (Å²) in [6.45, 7) is 2.30. The molecule has 0 radical (unpaired) electrons. The first-order valence-corrected chi connectivity index (χ1v) is 7.71. The van der Waals surface area contributed by atoms with Crippen molar-refractivity contribution in [1.29, 1.82) is 0 Å². The van der Waals surface area contributed by atoms with Gasteiger partial charge in [-0.05, 0) is 37.0 Å². The van der Waals surface area contributed by atoms with Crippen LogP contribution in [-0.2, 0) is 0 Å². The summed E-state index contributed by atoms with van der Waals surface area (Å²) in [6.07, 6.45) is 6.60. The maximum Gasteiger partial charge on any atom is 0.0597 e. The third-order valence-corrected chi connectivity index (χ3v) is 4.40. The molecule has 1 aromatic rings. The highest BCUT2D eigenvalue weighted by Crippen LogP contribution is 2.33. The first-order chi connectivity index (χ1) is 9.10. The highest BCUT2D eigenvalue weighted by molar-refractivity contribution is 6.31. The van der Waals surface area contributed by atoms with Crippen molar-refractivity contribution in [2.24, 2.45) is 5.92 Å². The van der Waals surface area contributed by atoms with Gasteiger partial charge in [-0.3, -0.25) is 0 Å². The fourth-order valence-electron chi connectivity index (χ4n) is 3.03. The largest absolute Gasteiger partial charge is 0.381 e. The first kappa shape index (κ1) is 14.5. The Morgan fingerprint density at radius 2 is 2.11 bits per heavy atom. The van der Waals surface area contributed by atoms with E-state index in [-0.39, 0.29) is 0 Å². The summed E-state index contributed by atoms with van der Waals surface area (Å²) in [6, 6.07) is 6.69. The lowest BCUT2D eigenvalue weighted by atomic mass is 9.84. The van der Waals surface area contributed by atoms with E-state index in [0.29, 0.717) is 6.04 Å². The van der Waals surface area contributed by atoms with Gasteiger partial charge in [0.05, 0.1) is 11.4 Å². The maximum atomic E-state index is 6.14. The van der Waals surface area contributed by atoms with Crippen molar-refractivity contribution in [3.8, 4) is 0 Å². The summed E-state index contributed by atoms with van der Waals surface area (Å²) in [5, 5.41) is 4.51. The molecule has 19 heavy (non-hydrogen) atoms. The Morgan fingerprint density at radius 3 is 2.79 bits per heavy atom. The van der Waals surface area contributed by atoms with Crippen LogP contribution in [0.25, 0.3) is 0 Å². The molecule has 0 aromatic heterocycles. The van der Waals surface area contributed by atoms with Gasteiger partial charge in [-0.1, -0.05) is 37.8 Å². The molecule has 2 rings (SSSR count). The van der Waals surface area contributed by atoms with Gasteiger partial charge in [0.2, 0.25) is 0 Å². The van der Waals surface area contributed by atoms with Gasteiger partial charge >= 0.3 is 0 Å². The second kappa shape index (κ2) is 6.51. The number of hydrogen-bond acceptors (Lipinski definition) is 2. The standard InChI is InChI=1S/C16H25ClN2/c1-4-12-6-5-7-14(10-12)18-15-11-13(17)8-9-16(15)19(2)3/h8-9,11-12,14,18H,4-7,10H2,1-3H3. The second-order valence-electron chi connectivity index (χ2n) is 5.84. The molecule has 1 aliphatic rings. The molecule has 3 heteroatoms. The van der Waals surface area contributed by atoms with Gasteiger partial charge in [0, 0.05) is 25.2 Å². The molecular weight excluding hydrogens is 256 g/mol. The third kappa shape index (κ3) is 3.79. The molecule has 1 aliphatic carbocycles. The molecule has 2 nitrogen and oxygen atoms in total. The van der Waals surface area contributed by atoms with E-state index in [1.807, 2.05) is 12.1 Å². The van der Waals surface area contributed by atoms with Crippen LogP contribution < -0.4 is 10.2 Å². The third-order valence-electron chi connectivity index (χ3n) is 4.16. The second-order valence-corrected chi connectivity index (χ2v) is 6.27. The predicted molar refractivity (Wildman–Crippen MR) is 85.4 cm³/mol. The molecular formula is C16H25ClN2. The van der Waals surface area contributed by atoms with Crippen LogP contribution in [0.5, 0.6) is 0 Å². The molecule has 1 fully saturated rings. The zero-order chi connectivity index (χ0) is 13.8. The molecule has 1 aromatic carbocycles. The summed E-state index contributed by atoms with van der Waals surface area (Å²) in [7, 11) is 4.15. The fourth-order valence-corrected chi connectivity index (χ4v) is 3.20. The zero-order valence-corrected chi connectivity index (χ0v) is 13.0. The normalized spacial score (nSPS) is 23.2. The molecule has 0 aliphatic heterocycles. The van der Waals surface area contributed by atoms with Crippen LogP contribution in [0, 0.1) is 5.92 Å². The molecule has 0 heterocycles. The van der Waals surface area contributed by atoms with Crippen LogP contribution in [-0.4, -0.2) is 20.1 Å². The Hall–Kier alpha value is -0.890. The molecule has 1 saturated carbocycles. The zero-order valence-electron chi connectivity index (χ0n) is 12.2. The van der Waals surface area contributed by atoms with Crippen molar-refractivity contribution in [3.63, 3.8) is 0 Å². The number of halogens is 1. The molecule has 106 valence electrons. The summed E-state index contributed by atoms with van der Waals surface area (Å²) in [4.78, 5) is 2.14. The molecule has 1 N–H and O–H groups in total. The minimum Gasteiger partial charge on any atom is -0.381 e. The number of nitrogens with one attached hydrogen (secondary N) is 1. The lowest BCUT2D eigenvalue weighted by Gasteiger charge is -2.31. The number of hydrogen-bond donors (Lipinski definition) is 1. The van der Waals surface area contributed by atoms with Crippen molar-refractivity contribution in [2.75, 3.05) is 24.3 Å². The fraction of sp³-hybridized carbons (Fsp3) is 0.625. The first-order valence-electron chi connectivity index (χ1n) is 7.33. The Labute approximate surface area is 122 Å². The van der Waals surface area contributed by atoms with Gasteiger partial charge in [-0.15, -0.1) is 0 Å². The number of rotatable bonds is 4. The van der Waals surface area contributed by atoms with Gasteiger partial charge in [-0.2, -0.15) is 0 Å². The molecule has 0 spiro atoms. The van der Waals surface area contributed by atoms with Crippen LogP contribution in [0.1, 0.15) is 39.0 Å². The Bertz CT molecular complexity index is 417. The maximum absolute atomic E-state index is 6.14.